The molecule has 0 aliphatic carbocycles. The summed E-state index contributed by atoms with van der Waals surface area (Å²) in [5, 5.41) is 34.3. The van der Waals surface area contributed by atoms with Gasteiger partial charge < -0.3 is 82.2 Å². The van der Waals surface area contributed by atoms with Crippen LogP contribution in [0, 0.1) is 0 Å². The molecule has 0 spiro atoms. The number of aliphatic imine (C=N–C) groups is 1. The second kappa shape index (κ2) is 30.8. The number of guanidine groups is 1. The number of unbranched alkanes of at least 4 members (excludes halogenated alkanes) is 2. The Hall–Kier alpha value is -7.38. The minimum atomic E-state index is -1.82. The number of aliphatic carboxylic acids is 1. The summed E-state index contributed by atoms with van der Waals surface area (Å²) < 4.78 is 0. The Bertz CT molecular complexity index is 2060. The van der Waals surface area contributed by atoms with E-state index < -0.39 is 108 Å². The molecule has 0 radical (unpaired) electrons. The molecule has 7 atom stereocenters. The van der Waals surface area contributed by atoms with Crippen LogP contribution in [0.2, 0.25) is 0 Å². The Morgan fingerprint density at radius 3 is 1.39 bits per heavy atom. The second-order valence-corrected chi connectivity index (χ2v) is 16.2. The van der Waals surface area contributed by atoms with Crippen LogP contribution in [0.3, 0.4) is 0 Å². The lowest BCUT2D eigenvalue weighted by atomic mass is 10.0. The monoisotopic (exact) mass is 969 g/mol. The fraction of sp³-hybridized carbons (Fsp3) is 0.500. The standard InChI is InChI=1S/C44H68N14O11/c45-18-6-4-11-28(47)37(62)53-30(13-8-20-52-44(50)51)38(63)56-32(23-35(48)60)42(67)57-33(24-36(49)61)41(66)55-31(21-25-9-2-1-3-10-25)40(65)54-29(12-5-7-19-46)39(64)58-34(43(68)69)22-26-14-16-27(59)17-15-26/h1-3,9-10,14-17,28-34,59H,4-8,11-13,18-24,45-47H2,(H2,48,60)(H2,49,61)(H,53,62)(H,54,65)(H,55,66)(H,56,63)(H,57,67)(H,58,64)(H,68,69)(H4,50,51,52)/t28-,29-,30-,31-,32-,33-,34-/m0/s1. The molecule has 0 heterocycles. The number of carbonyl (C=O) groups excluding carboxylic acids is 8. The van der Waals surface area contributed by atoms with Crippen LogP contribution >= 0.6 is 0 Å². The minimum absolute atomic E-state index is 0.00204. The van der Waals surface area contributed by atoms with Crippen LogP contribution in [0.15, 0.2) is 59.6 Å². The van der Waals surface area contributed by atoms with Crippen molar-refractivity contribution < 1.29 is 53.4 Å². The number of carboxylic acid groups (broad SMARTS) is 1. The van der Waals surface area contributed by atoms with Crippen LogP contribution in [-0.2, 0) is 56.0 Å². The quantitative estimate of drug-likeness (QED) is 0.0182. The molecule has 25 heteroatoms. The van der Waals surface area contributed by atoms with Crippen LogP contribution in [0.4, 0.5) is 0 Å². The Balaban J connectivity index is 2.42. The summed E-state index contributed by atoms with van der Waals surface area (Å²) in [7, 11) is 0. The molecule has 25 nitrogen and oxygen atoms in total. The third-order valence-corrected chi connectivity index (χ3v) is 10.4. The van der Waals surface area contributed by atoms with E-state index in [-0.39, 0.29) is 63.3 Å². The molecule has 0 aliphatic rings. The molecular formula is C44H68N14O11. The van der Waals surface area contributed by atoms with Crippen LogP contribution in [-0.4, -0.2) is 131 Å². The molecular weight excluding hydrogens is 901 g/mol. The first-order valence-corrected chi connectivity index (χ1v) is 22.4. The number of rotatable bonds is 33. The molecule has 0 aromatic heterocycles. The number of nitrogens with one attached hydrogen (secondary N) is 6. The van der Waals surface area contributed by atoms with Gasteiger partial charge in [0.2, 0.25) is 47.3 Å². The lowest BCUT2D eigenvalue weighted by Gasteiger charge is -2.27. The predicted molar refractivity (Wildman–Crippen MR) is 252 cm³/mol. The highest BCUT2D eigenvalue weighted by Gasteiger charge is 2.35. The van der Waals surface area contributed by atoms with E-state index in [9.17, 15) is 53.4 Å². The number of carbonyl (C=O) groups is 9. The highest BCUT2D eigenvalue weighted by molar-refractivity contribution is 5.99. The minimum Gasteiger partial charge on any atom is -0.508 e. The molecule has 0 aliphatic heterocycles. The molecule has 0 fully saturated rings. The normalized spacial score (nSPS) is 13.9. The highest BCUT2D eigenvalue weighted by Crippen LogP contribution is 2.13. The number of carboxylic acids is 1. The van der Waals surface area contributed by atoms with Crippen LogP contribution < -0.4 is 72.0 Å². The summed E-state index contributed by atoms with van der Waals surface area (Å²) in [6.07, 6.45) is 0.188. The van der Waals surface area contributed by atoms with Crippen molar-refractivity contribution in [2.75, 3.05) is 19.6 Å². The number of benzene rings is 2. The van der Waals surface area contributed by atoms with Gasteiger partial charge in [0.15, 0.2) is 5.96 Å². The Labute approximate surface area is 399 Å². The number of nitrogens with two attached hydrogens (primary N) is 7. The molecule has 0 unspecified atom stereocenters. The summed E-state index contributed by atoms with van der Waals surface area (Å²) in [4.78, 5) is 123. The van der Waals surface area contributed by atoms with Gasteiger partial charge in [-0.2, -0.15) is 0 Å². The van der Waals surface area contributed by atoms with Crippen molar-refractivity contribution in [3.63, 3.8) is 0 Å². The summed E-state index contributed by atoms with van der Waals surface area (Å²) in [6, 6.07) is 3.73. The van der Waals surface area contributed by atoms with Crippen LogP contribution in [0.5, 0.6) is 5.75 Å². The largest absolute Gasteiger partial charge is 0.508 e. The zero-order chi connectivity index (χ0) is 51.5. The summed E-state index contributed by atoms with van der Waals surface area (Å²) in [5.41, 5.74) is 40.0. The molecule has 22 N–H and O–H groups in total. The maximum Gasteiger partial charge on any atom is 0.326 e. The molecule has 2 rings (SSSR count). The van der Waals surface area contributed by atoms with Crippen molar-refractivity contribution >= 4 is 59.2 Å². The van der Waals surface area contributed by atoms with E-state index in [2.05, 4.69) is 36.9 Å². The van der Waals surface area contributed by atoms with Crippen molar-refractivity contribution in [3.8, 4) is 5.75 Å². The van der Waals surface area contributed by atoms with Gasteiger partial charge in [-0.05, 0) is 81.3 Å². The van der Waals surface area contributed by atoms with Gasteiger partial charge >= 0.3 is 5.97 Å². The fourth-order valence-corrected chi connectivity index (χ4v) is 6.76. The molecule has 8 amide bonds. The molecule has 2 aromatic carbocycles. The lowest BCUT2D eigenvalue weighted by Crippen LogP contribution is -2.61. The van der Waals surface area contributed by atoms with Crippen molar-refractivity contribution in [2.45, 2.75) is 119 Å². The molecule has 0 saturated heterocycles. The number of primary amides is 2. The average molecular weight is 969 g/mol. The van der Waals surface area contributed by atoms with E-state index >= 15 is 0 Å². The van der Waals surface area contributed by atoms with E-state index in [1.807, 2.05) is 0 Å². The van der Waals surface area contributed by atoms with Crippen LogP contribution in [0.1, 0.15) is 75.3 Å². The first-order valence-electron chi connectivity index (χ1n) is 22.4. The van der Waals surface area contributed by atoms with E-state index in [4.69, 9.17) is 40.1 Å². The maximum absolute atomic E-state index is 14.2. The number of phenols is 1. The number of hydrogen-bond donors (Lipinski definition) is 15. The van der Waals surface area contributed by atoms with Crippen molar-refractivity contribution in [3.05, 3.63) is 65.7 Å². The fourth-order valence-electron chi connectivity index (χ4n) is 6.76. The average Bonchev–Trinajstić information content (AvgIpc) is 3.29. The SMILES string of the molecule is NCCCC[C@H](NC(=O)[C@H](Cc1ccccc1)NC(=O)[C@H](CC(N)=O)NC(=O)[C@H](CC(N)=O)NC(=O)[C@H](CCCN=C(N)N)NC(=O)[C@@H](N)CCCCN)C(=O)N[C@@H](Cc1ccc(O)cc1)C(=O)O. The molecule has 69 heavy (non-hydrogen) atoms. The molecule has 2 aromatic rings. The van der Waals surface area contributed by atoms with Crippen molar-refractivity contribution in [1.29, 1.82) is 0 Å². The van der Waals surface area contributed by atoms with E-state index in [0.717, 1.165) is 0 Å². The third-order valence-electron chi connectivity index (χ3n) is 10.4. The van der Waals surface area contributed by atoms with Gasteiger partial charge in [0.1, 0.15) is 42.0 Å². The number of amides is 8. The molecule has 0 bridgehead atoms. The first kappa shape index (κ1) is 57.7. The van der Waals surface area contributed by atoms with Gasteiger partial charge in [0.05, 0.1) is 18.9 Å². The smallest absolute Gasteiger partial charge is 0.326 e. The van der Waals surface area contributed by atoms with E-state index in [1.54, 1.807) is 30.3 Å². The van der Waals surface area contributed by atoms with Gasteiger partial charge in [0.25, 0.3) is 0 Å². The summed E-state index contributed by atoms with van der Waals surface area (Å²) in [5.74, 6) is -9.55. The van der Waals surface area contributed by atoms with Gasteiger partial charge in [-0.25, -0.2) is 4.79 Å². The van der Waals surface area contributed by atoms with E-state index in [1.165, 1.54) is 24.3 Å². The Kier molecular flexibility index (Phi) is 25.8. The van der Waals surface area contributed by atoms with Crippen molar-refractivity contribution in [1.82, 2.24) is 31.9 Å². The number of aromatic hydroxyl groups is 1. The number of hydrogen-bond acceptors (Lipinski definition) is 14. The van der Waals surface area contributed by atoms with Crippen molar-refractivity contribution in [2.24, 2.45) is 45.1 Å². The zero-order valence-electron chi connectivity index (χ0n) is 38.4. The van der Waals surface area contributed by atoms with E-state index in [0.29, 0.717) is 43.4 Å². The highest BCUT2D eigenvalue weighted by atomic mass is 16.4. The third kappa shape index (κ3) is 22.8. The second-order valence-electron chi connectivity index (χ2n) is 16.2. The Morgan fingerprint density at radius 2 is 0.899 bits per heavy atom. The topological polar surface area (TPSA) is 461 Å². The maximum atomic E-state index is 14.2. The van der Waals surface area contributed by atoms with Crippen LogP contribution in [0.25, 0.3) is 0 Å². The number of phenolic OH excluding ortho intramolecular Hbond substituents is 1. The Morgan fingerprint density at radius 1 is 0.493 bits per heavy atom. The van der Waals surface area contributed by atoms with Gasteiger partial charge in [0, 0.05) is 19.4 Å². The zero-order valence-corrected chi connectivity index (χ0v) is 38.4. The predicted octanol–water partition coefficient (Wildman–Crippen LogP) is -4.44. The lowest BCUT2D eigenvalue weighted by molar-refractivity contribution is -0.142. The summed E-state index contributed by atoms with van der Waals surface area (Å²) >= 11 is 0. The summed E-state index contributed by atoms with van der Waals surface area (Å²) in [6.45, 7) is 0.671. The van der Waals surface area contributed by atoms with Gasteiger partial charge in [-0.1, -0.05) is 48.9 Å². The van der Waals surface area contributed by atoms with Gasteiger partial charge in [-0.15, -0.1) is 0 Å². The van der Waals surface area contributed by atoms with Gasteiger partial charge in [-0.3, -0.25) is 43.3 Å². The number of nitrogens with zero attached hydrogens (tertiary/aromatic N) is 1. The first-order chi connectivity index (χ1) is 32.7. The molecule has 0 saturated carbocycles. The molecule has 380 valence electrons.